The van der Waals surface area contributed by atoms with Crippen LogP contribution in [0.5, 0.6) is 0 Å². The van der Waals surface area contributed by atoms with Crippen LogP contribution < -0.4 is 0 Å². The fourth-order valence-corrected chi connectivity index (χ4v) is 3.66. The van der Waals surface area contributed by atoms with Crippen molar-refractivity contribution in [3.05, 3.63) is 47.9 Å². The number of carbonyl (C=O) groups excluding carboxylic acids is 2. The summed E-state index contributed by atoms with van der Waals surface area (Å²) in [5.41, 5.74) is 2.20. The first kappa shape index (κ1) is 18.2. The molecule has 0 aliphatic carbocycles. The summed E-state index contributed by atoms with van der Waals surface area (Å²) in [4.78, 5) is 37.7. The predicted octanol–water partition coefficient (Wildman–Crippen LogP) is 2.02. The van der Waals surface area contributed by atoms with Crippen LogP contribution in [0.4, 0.5) is 0 Å². The Hall–Kier alpha value is -3.16. The summed E-state index contributed by atoms with van der Waals surface area (Å²) in [6.07, 6.45) is 2.02. The van der Waals surface area contributed by atoms with Crippen molar-refractivity contribution in [3.63, 3.8) is 0 Å². The van der Waals surface area contributed by atoms with E-state index in [2.05, 4.69) is 9.97 Å². The van der Waals surface area contributed by atoms with Crippen LogP contribution in [0.3, 0.4) is 0 Å². The molecule has 8 heteroatoms. The summed E-state index contributed by atoms with van der Waals surface area (Å²) in [6, 6.07) is 7.82. The highest BCUT2D eigenvalue weighted by Crippen LogP contribution is 2.17. The van der Waals surface area contributed by atoms with E-state index in [0.717, 1.165) is 23.3 Å². The predicted molar refractivity (Wildman–Crippen MR) is 103 cm³/mol. The minimum Gasteiger partial charge on any atom is -0.448 e. The van der Waals surface area contributed by atoms with Gasteiger partial charge >= 0.3 is 0 Å². The van der Waals surface area contributed by atoms with Crippen molar-refractivity contribution in [2.24, 2.45) is 0 Å². The lowest BCUT2D eigenvalue weighted by Crippen LogP contribution is -2.39. The highest BCUT2D eigenvalue weighted by Gasteiger charge is 2.26. The van der Waals surface area contributed by atoms with Crippen molar-refractivity contribution < 1.29 is 14.0 Å². The Bertz CT molecular complexity index is 1020. The zero-order valence-electron chi connectivity index (χ0n) is 16.1. The van der Waals surface area contributed by atoms with Crippen molar-refractivity contribution in [3.8, 4) is 0 Å². The molecule has 1 aliphatic rings. The van der Waals surface area contributed by atoms with Gasteiger partial charge < -0.3 is 18.8 Å². The third kappa shape index (κ3) is 3.37. The standard InChI is InChI=1S/C20H23N5O3/c1-14-19(21-13-28-14)20(27)24-9-5-8-23(10-11-24)18(26)12-25-15(2)22-16-6-3-4-7-17(16)25/h3-4,6-7,13H,5,8-12H2,1-2H3. The van der Waals surface area contributed by atoms with Crippen LogP contribution in [-0.2, 0) is 11.3 Å². The number of fused-ring (bicyclic) bond motifs is 1. The van der Waals surface area contributed by atoms with Gasteiger partial charge in [-0.1, -0.05) is 12.1 Å². The Morgan fingerprint density at radius 1 is 1.07 bits per heavy atom. The number of carbonyl (C=O) groups is 2. The lowest BCUT2D eigenvalue weighted by Gasteiger charge is -2.22. The summed E-state index contributed by atoms with van der Waals surface area (Å²) in [5, 5.41) is 0. The van der Waals surface area contributed by atoms with Gasteiger partial charge in [0.15, 0.2) is 12.1 Å². The minimum absolute atomic E-state index is 0.0400. The molecule has 2 amide bonds. The van der Waals surface area contributed by atoms with E-state index in [1.165, 1.54) is 6.39 Å². The van der Waals surface area contributed by atoms with Crippen LogP contribution >= 0.6 is 0 Å². The van der Waals surface area contributed by atoms with Gasteiger partial charge in [0, 0.05) is 26.2 Å². The number of hydrogen-bond acceptors (Lipinski definition) is 5. The zero-order chi connectivity index (χ0) is 19.7. The number of benzene rings is 1. The van der Waals surface area contributed by atoms with E-state index in [4.69, 9.17) is 4.42 Å². The van der Waals surface area contributed by atoms with Crippen LogP contribution in [0.25, 0.3) is 11.0 Å². The Kier molecular flexibility index (Phi) is 4.85. The Balaban J connectivity index is 1.44. The highest BCUT2D eigenvalue weighted by atomic mass is 16.3. The van der Waals surface area contributed by atoms with Crippen molar-refractivity contribution in [2.45, 2.75) is 26.8 Å². The summed E-state index contributed by atoms with van der Waals surface area (Å²) < 4.78 is 7.09. The number of amides is 2. The quantitative estimate of drug-likeness (QED) is 0.693. The zero-order valence-corrected chi connectivity index (χ0v) is 16.1. The fourth-order valence-electron chi connectivity index (χ4n) is 3.66. The minimum atomic E-state index is -0.142. The molecule has 3 heterocycles. The van der Waals surface area contributed by atoms with E-state index in [1.807, 2.05) is 40.7 Å². The maximum atomic E-state index is 12.9. The van der Waals surface area contributed by atoms with E-state index in [0.29, 0.717) is 37.6 Å². The van der Waals surface area contributed by atoms with Crippen molar-refractivity contribution >= 4 is 22.8 Å². The monoisotopic (exact) mass is 381 g/mol. The lowest BCUT2D eigenvalue weighted by molar-refractivity contribution is -0.131. The van der Waals surface area contributed by atoms with Crippen molar-refractivity contribution in [2.75, 3.05) is 26.2 Å². The molecule has 146 valence electrons. The van der Waals surface area contributed by atoms with E-state index >= 15 is 0 Å². The molecular weight excluding hydrogens is 358 g/mol. The first-order valence-electron chi connectivity index (χ1n) is 9.43. The van der Waals surface area contributed by atoms with Crippen LogP contribution in [0, 0.1) is 13.8 Å². The largest absolute Gasteiger partial charge is 0.448 e. The highest BCUT2D eigenvalue weighted by molar-refractivity contribution is 5.93. The molecule has 0 radical (unpaired) electrons. The summed E-state index contributed by atoms with van der Waals surface area (Å²) >= 11 is 0. The van der Waals surface area contributed by atoms with Crippen LogP contribution in [0.15, 0.2) is 35.1 Å². The van der Waals surface area contributed by atoms with Crippen molar-refractivity contribution in [1.82, 2.24) is 24.3 Å². The molecule has 0 saturated carbocycles. The Morgan fingerprint density at radius 2 is 1.82 bits per heavy atom. The van der Waals surface area contributed by atoms with Gasteiger partial charge in [-0.05, 0) is 32.4 Å². The third-order valence-electron chi connectivity index (χ3n) is 5.22. The van der Waals surface area contributed by atoms with Gasteiger partial charge in [-0.25, -0.2) is 9.97 Å². The second kappa shape index (κ2) is 7.46. The molecule has 0 atom stereocenters. The van der Waals surface area contributed by atoms with E-state index in [9.17, 15) is 9.59 Å². The van der Waals surface area contributed by atoms with Gasteiger partial charge in [-0.2, -0.15) is 0 Å². The molecule has 0 N–H and O–H groups in total. The number of hydrogen-bond donors (Lipinski definition) is 0. The number of aryl methyl sites for hydroxylation is 2. The Morgan fingerprint density at radius 3 is 2.61 bits per heavy atom. The summed E-state index contributed by atoms with van der Waals surface area (Å²) in [6.45, 7) is 6.12. The third-order valence-corrected chi connectivity index (χ3v) is 5.22. The molecule has 1 aromatic carbocycles. The van der Waals surface area contributed by atoms with Gasteiger partial charge in [0.05, 0.1) is 11.0 Å². The first-order chi connectivity index (χ1) is 13.5. The molecule has 28 heavy (non-hydrogen) atoms. The van der Waals surface area contributed by atoms with Gasteiger partial charge in [-0.3, -0.25) is 9.59 Å². The molecule has 1 fully saturated rings. The van der Waals surface area contributed by atoms with E-state index < -0.39 is 0 Å². The van der Waals surface area contributed by atoms with Gasteiger partial charge in [0.25, 0.3) is 5.91 Å². The molecule has 1 saturated heterocycles. The van der Waals surface area contributed by atoms with Crippen molar-refractivity contribution in [1.29, 1.82) is 0 Å². The molecule has 0 spiro atoms. The summed E-state index contributed by atoms with van der Waals surface area (Å²) in [7, 11) is 0. The van der Waals surface area contributed by atoms with Gasteiger partial charge in [-0.15, -0.1) is 0 Å². The first-order valence-corrected chi connectivity index (χ1v) is 9.43. The SMILES string of the molecule is Cc1ocnc1C(=O)N1CCCN(C(=O)Cn2c(C)nc3ccccc32)CC1. The number of nitrogens with zero attached hydrogens (tertiary/aromatic N) is 5. The number of oxazole rings is 1. The average Bonchev–Trinajstić information content (AvgIpc) is 3.14. The topological polar surface area (TPSA) is 84.5 Å². The smallest absolute Gasteiger partial charge is 0.276 e. The molecule has 4 rings (SSSR count). The van der Waals surface area contributed by atoms with Gasteiger partial charge in [0.2, 0.25) is 5.91 Å². The molecule has 3 aromatic rings. The molecule has 2 aromatic heterocycles. The lowest BCUT2D eigenvalue weighted by atomic mass is 10.3. The van der Waals surface area contributed by atoms with Gasteiger partial charge in [0.1, 0.15) is 18.1 Å². The number of rotatable bonds is 3. The molecule has 1 aliphatic heterocycles. The Labute approximate surface area is 162 Å². The maximum absolute atomic E-state index is 12.9. The summed E-state index contributed by atoms with van der Waals surface area (Å²) in [5.74, 6) is 1.24. The second-order valence-corrected chi connectivity index (χ2v) is 7.02. The number of aromatic nitrogens is 3. The molecule has 8 nitrogen and oxygen atoms in total. The fraction of sp³-hybridized carbons (Fsp3) is 0.400. The molecular formula is C20H23N5O3. The molecule has 0 bridgehead atoms. The normalized spacial score (nSPS) is 15.1. The second-order valence-electron chi connectivity index (χ2n) is 7.02. The maximum Gasteiger partial charge on any atom is 0.276 e. The van der Waals surface area contributed by atoms with E-state index in [1.54, 1.807) is 11.8 Å². The average molecular weight is 381 g/mol. The van der Waals surface area contributed by atoms with Crippen LogP contribution in [0.2, 0.25) is 0 Å². The number of imidazole rings is 1. The van der Waals surface area contributed by atoms with Crippen LogP contribution in [0.1, 0.15) is 28.5 Å². The van der Waals surface area contributed by atoms with Crippen LogP contribution in [-0.4, -0.2) is 62.3 Å². The van der Waals surface area contributed by atoms with E-state index in [-0.39, 0.29) is 18.4 Å². The number of para-hydroxylation sites is 2. The molecule has 0 unspecified atom stereocenters.